The molecule has 18 heavy (non-hydrogen) atoms. The van der Waals surface area contributed by atoms with Crippen molar-refractivity contribution in [1.29, 1.82) is 5.26 Å². The van der Waals surface area contributed by atoms with Gasteiger partial charge in [-0.3, -0.25) is 4.79 Å². The molecule has 0 saturated carbocycles. The fourth-order valence-corrected chi connectivity index (χ4v) is 2.34. The van der Waals surface area contributed by atoms with E-state index in [2.05, 4.69) is 11.1 Å². The number of thiazole rings is 1. The van der Waals surface area contributed by atoms with Crippen molar-refractivity contribution in [3.63, 3.8) is 0 Å². The van der Waals surface area contributed by atoms with Gasteiger partial charge < -0.3 is 10.0 Å². The van der Waals surface area contributed by atoms with Crippen LogP contribution < -0.4 is 4.90 Å². The Labute approximate surface area is 111 Å². The summed E-state index contributed by atoms with van der Waals surface area (Å²) in [6.07, 6.45) is 0. The summed E-state index contributed by atoms with van der Waals surface area (Å²) in [7, 11) is 1.85. The minimum absolute atomic E-state index is 0.0881. The molecule has 0 aliphatic rings. The quantitative estimate of drug-likeness (QED) is 0.884. The Bertz CT molecular complexity index is 476. The van der Waals surface area contributed by atoms with Gasteiger partial charge in [-0.15, -0.1) is 11.3 Å². The molecular formula is C12H17N3O2S. The zero-order chi connectivity index (χ0) is 13.9. The van der Waals surface area contributed by atoms with Gasteiger partial charge in [-0.1, -0.05) is 0 Å². The maximum atomic E-state index is 11.1. The molecular weight excluding hydrogens is 250 g/mol. The lowest BCUT2D eigenvalue weighted by Gasteiger charge is -2.18. The van der Waals surface area contributed by atoms with E-state index in [0.29, 0.717) is 12.2 Å². The first-order chi connectivity index (χ1) is 8.28. The minimum Gasteiger partial charge on any atom is -0.481 e. The summed E-state index contributed by atoms with van der Waals surface area (Å²) in [5.41, 5.74) is -0.442. The highest BCUT2D eigenvalue weighted by Crippen LogP contribution is 2.29. The molecule has 1 rings (SSSR count). The van der Waals surface area contributed by atoms with E-state index in [1.807, 2.05) is 18.9 Å². The van der Waals surface area contributed by atoms with Crippen molar-refractivity contribution >= 4 is 22.4 Å². The summed E-state index contributed by atoms with van der Waals surface area (Å²) in [6.45, 7) is 5.68. The number of carboxylic acids is 1. The molecule has 1 heterocycles. The molecule has 1 unspecified atom stereocenters. The number of carbonyl (C=O) groups is 1. The van der Waals surface area contributed by atoms with Crippen LogP contribution in [-0.4, -0.2) is 29.7 Å². The fraction of sp³-hybridized carbons (Fsp3) is 0.583. The van der Waals surface area contributed by atoms with Crippen LogP contribution in [0.2, 0.25) is 0 Å². The molecule has 0 aliphatic carbocycles. The molecule has 0 radical (unpaired) electrons. The second-order valence-corrected chi connectivity index (χ2v) is 5.69. The van der Waals surface area contributed by atoms with Gasteiger partial charge in [-0.05, 0) is 20.8 Å². The molecule has 0 saturated heterocycles. The molecule has 6 heteroatoms. The first-order valence-electron chi connectivity index (χ1n) is 5.59. The van der Waals surface area contributed by atoms with Crippen LogP contribution in [0.4, 0.5) is 5.13 Å². The van der Waals surface area contributed by atoms with E-state index in [1.165, 1.54) is 11.3 Å². The Kier molecular flexibility index (Phi) is 4.30. The van der Waals surface area contributed by atoms with Crippen LogP contribution in [0.1, 0.15) is 26.5 Å². The standard InChI is InChI=1S/C12H17N3O2S/c1-8(5-13)6-15(4)11-14-9(7-18-11)12(2,3)10(16)17/h7-8H,6H2,1-4H3,(H,16,17). The first kappa shape index (κ1) is 14.5. The van der Waals surface area contributed by atoms with Gasteiger partial charge in [0.1, 0.15) is 5.41 Å². The van der Waals surface area contributed by atoms with Gasteiger partial charge in [0.05, 0.1) is 17.7 Å². The maximum absolute atomic E-state index is 11.1. The van der Waals surface area contributed by atoms with Crippen LogP contribution in [0.15, 0.2) is 5.38 Å². The lowest BCUT2D eigenvalue weighted by atomic mass is 9.90. The zero-order valence-electron chi connectivity index (χ0n) is 11.0. The van der Waals surface area contributed by atoms with Crippen LogP contribution in [0.25, 0.3) is 0 Å². The van der Waals surface area contributed by atoms with Crippen LogP contribution in [-0.2, 0) is 10.2 Å². The molecule has 0 amide bonds. The van der Waals surface area contributed by atoms with Crippen LogP contribution in [0.3, 0.4) is 0 Å². The van der Waals surface area contributed by atoms with Crippen LogP contribution in [0.5, 0.6) is 0 Å². The van der Waals surface area contributed by atoms with E-state index in [0.717, 1.165) is 5.13 Å². The number of aromatic nitrogens is 1. The number of nitrogens with zero attached hydrogens (tertiary/aromatic N) is 3. The summed E-state index contributed by atoms with van der Waals surface area (Å²) in [4.78, 5) is 17.4. The highest BCUT2D eigenvalue weighted by Gasteiger charge is 2.32. The Hall–Kier alpha value is -1.61. The van der Waals surface area contributed by atoms with E-state index in [9.17, 15) is 4.79 Å². The lowest BCUT2D eigenvalue weighted by Crippen LogP contribution is -2.29. The van der Waals surface area contributed by atoms with Crippen LogP contribution >= 0.6 is 11.3 Å². The third kappa shape index (κ3) is 2.99. The second-order valence-electron chi connectivity index (χ2n) is 4.86. The molecule has 1 aromatic rings. The Balaban J connectivity index is 2.87. The van der Waals surface area contributed by atoms with Gasteiger partial charge >= 0.3 is 5.97 Å². The number of hydrogen-bond acceptors (Lipinski definition) is 5. The predicted octanol–water partition coefficient (Wildman–Crippen LogP) is 2.10. The van der Waals surface area contributed by atoms with Crippen molar-refractivity contribution in [2.24, 2.45) is 5.92 Å². The average Bonchev–Trinajstić information content (AvgIpc) is 2.78. The largest absolute Gasteiger partial charge is 0.481 e. The number of nitriles is 1. The molecule has 0 aromatic carbocycles. The smallest absolute Gasteiger partial charge is 0.315 e. The van der Waals surface area contributed by atoms with Crippen molar-refractivity contribution in [2.45, 2.75) is 26.2 Å². The van der Waals surface area contributed by atoms with Gasteiger partial charge in [0.15, 0.2) is 5.13 Å². The average molecular weight is 267 g/mol. The summed E-state index contributed by atoms with van der Waals surface area (Å²) in [5.74, 6) is -0.984. The van der Waals surface area contributed by atoms with E-state index in [4.69, 9.17) is 10.4 Å². The summed E-state index contributed by atoms with van der Waals surface area (Å²) in [6, 6.07) is 2.16. The number of hydrogen-bond donors (Lipinski definition) is 1. The summed E-state index contributed by atoms with van der Waals surface area (Å²) in [5, 5.41) is 20.4. The molecule has 1 aromatic heterocycles. The number of aliphatic carboxylic acids is 1. The Morgan fingerprint density at radius 2 is 2.33 bits per heavy atom. The van der Waals surface area contributed by atoms with E-state index >= 15 is 0 Å². The minimum atomic E-state index is -0.990. The monoisotopic (exact) mass is 267 g/mol. The third-order valence-electron chi connectivity index (χ3n) is 2.76. The fourth-order valence-electron chi connectivity index (χ4n) is 1.37. The van der Waals surface area contributed by atoms with E-state index < -0.39 is 11.4 Å². The van der Waals surface area contributed by atoms with E-state index in [1.54, 1.807) is 19.2 Å². The molecule has 0 spiro atoms. The molecule has 0 fully saturated rings. The van der Waals surface area contributed by atoms with Gasteiger partial charge in [0, 0.05) is 19.0 Å². The van der Waals surface area contributed by atoms with Gasteiger partial charge in [-0.2, -0.15) is 5.26 Å². The third-order valence-corrected chi connectivity index (χ3v) is 3.72. The maximum Gasteiger partial charge on any atom is 0.315 e. The number of anilines is 1. The topological polar surface area (TPSA) is 77.2 Å². The number of rotatable bonds is 5. The van der Waals surface area contributed by atoms with E-state index in [-0.39, 0.29) is 5.92 Å². The van der Waals surface area contributed by atoms with Crippen molar-refractivity contribution < 1.29 is 9.90 Å². The van der Waals surface area contributed by atoms with Crippen molar-refractivity contribution in [1.82, 2.24) is 4.98 Å². The molecule has 1 atom stereocenters. The van der Waals surface area contributed by atoms with Gasteiger partial charge in [0.2, 0.25) is 0 Å². The predicted molar refractivity (Wildman–Crippen MR) is 70.8 cm³/mol. The summed E-state index contributed by atoms with van der Waals surface area (Å²) >= 11 is 1.40. The highest BCUT2D eigenvalue weighted by atomic mass is 32.1. The first-order valence-corrected chi connectivity index (χ1v) is 6.47. The van der Waals surface area contributed by atoms with Gasteiger partial charge in [-0.25, -0.2) is 4.98 Å². The molecule has 1 N–H and O–H groups in total. The second kappa shape index (κ2) is 5.36. The zero-order valence-corrected chi connectivity index (χ0v) is 11.8. The SMILES string of the molecule is CC(C#N)CN(C)c1nc(C(C)(C)C(=O)O)cs1. The molecule has 0 bridgehead atoms. The van der Waals surface area contributed by atoms with Crippen molar-refractivity contribution in [3.05, 3.63) is 11.1 Å². The van der Waals surface area contributed by atoms with Crippen molar-refractivity contribution in [3.8, 4) is 6.07 Å². The normalized spacial score (nSPS) is 12.8. The van der Waals surface area contributed by atoms with Crippen molar-refractivity contribution in [2.75, 3.05) is 18.5 Å². The van der Waals surface area contributed by atoms with Crippen LogP contribution in [0, 0.1) is 17.2 Å². The molecule has 98 valence electrons. The van der Waals surface area contributed by atoms with Gasteiger partial charge in [0.25, 0.3) is 0 Å². The molecule has 0 aliphatic heterocycles. The Morgan fingerprint density at radius 1 is 1.72 bits per heavy atom. The lowest BCUT2D eigenvalue weighted by molar-refractivity contribution is -0.142. The Morgan fingerprint density at radius 3 is 2.83 bits per heavy atom. The summed E-state index contributed by atoms with van der Waals surface area (Å²) < 4.78 is 0. The number of carboxylic acid groups (broad SMARTS) is 1. The highest BCUT2D eigenvalue weighted by molar-refractivity contribution is 7.13. The molecule has 5 nitrogen and oxygen atoms in total.